The number of hydrogen-bond donors (Lipinski definition) is 3. The fraction of sp³-hybridized carbons (Fsp3) is 0.538. The first kappa shape index (κ1) is 16.7. The lowest BCUT2D eigenvalue weighted by Gasteiger charge is -2.16. The standard InChI is InChI=1S/C13H20N4O4/c1-9(3-2-7-15-13(14)21)16-10(18)6-8-17-11(19)4-5-12(17)20/h4-5,9H,2-3,6-8H2,1H3,(H,16,18)(H3,14,15,21). The Morgan fingerprint density at radius 3 is 2.48 bits per heavy atom. The quantitative estimate of drug-likeness (QED) is 0.403. The zero-order valence-electron chi connectivity index (χ0n) is 11.9. The molecule has 0 bridgehead atoms. The maximum absolute atomic E-state index is 11.7. The number of nitrogens with zero attached hydrogens (tertiary/aromatic N) is 1. The Morgan fingerprint density at radius 1 is 1.29 bits per heavy atom. The number of rotatable bonds is 8. The topological polar surface area (TPSA) is 122 Å². The average Bonchev–Trinajstić information content (AvgIpc) is 2.71. The lowest BCUT2D eigenvalue weighted by Crippen LogP contribution is -2.38. The molecule has 0 aromatic rings. The van der Waals surface area contributed by atoms with Gasteiger partial charge in [-0.05, 0) is 19.8 Å². The van der Waals surface area contributed by atoms with E-state index in [4.69, 9.17) is 5.73 Å². The summed E-state index contributed by atoms with van der Waals surface area (Å²) in [5.41, 5.74) is 4.93. The summed E-state index contributed by atoms with van der Waals surface area (Å²) in [7, 11) is 0. The van der Waals surface area contributed by atoms with Crippen LogP contribution in [0.1, 0.15) is 26.2 Å². The average molecular weight is 296 g/mol. The molecule has 21 heavy (non-hydrogen) atoms. The van der Waals surface area contributed by atoms with Crippen molar-refractivity contribution in [2.45, 2.75) is 32.2 Å². The van der Waals surface area contributed by atoms with Crippen LogP contribution in [0.5, 0.6) is 0 Å². The molecule has 1 aliphatic rings. The Kier molecular flexibility index (Phi) is 6.38. The molecule has 8 heteroatoms. The number of carbonyl (C=O) groups excluding carboxylic acids is 4. The van der Waals surface area contributed by atoms with Gasteiger partial charge in [0, 0.05) is 37.7 Å². The predicted molar refractivity (Wildman–Crippen MR) is 74.9 cm³/mol. The van der Waals surface area contributed by atoms with Gasteiger partial charge in [-0.2, -0.15) is 0 Å². The monoisotopic (exact) mass is 296 g/mol. The first-order valence-corrected chi connectivity index (χ1v) is 6.76. The molecular weight excluding hydrogens is 276 g/mol. The van der Waals surface area contributed by atoms with E-state index in [0.29, 0.717) is 19.4 Å². The normalized spacial score (nSPS) is 15.2. The number of imide groups is 1. The summed E-state index contributed by atoms with van der Waals surface area (Å²) in [5.74, 6) is -1.00. The minimum Gasteiger partial charge on any atom is -0.354 e. The molecule has 1 unspecified atom stereocenters. The summed E-state index contributed by atoms with van der Waals surface area (Å²) in [6, 6.07) is -0.629. The van der Waals surface area contributed by atoms with Crippen LogP contribution in [0, 0.1) is 0 Å². The van der Waals surface area contributed by atoms with Crippen molar-refractivity contribution in [2.24, 2.45) is 5.73 Å². The maximum Gasteiger partial charge on any atom is 0.312 e. The second-order valence-electron chi connectivity index (χ2n) is 4.81. The van der Waals surface area contributed by atoms with Gasteiger partial charge in [-0.15, -0.1) is 0 Å². The second-order valence-corrected chi connectivity index (χ2v) is 4.81. The van der Waals surface area contributed by atoms with Crippen molar-refractivity contribution in [3.8, 4) is 0 Å². The molecule has 0 aliphatic carbocycles. The summed E-state index contributed by atoms with van der Waals surface area (Å²) < 4.78 is 0. The Hall–Kier alpha value is -2.38. The highest BCUT2D eigenvalue weighted by Gasteiger charge is 2.23. The van der Waals surface area contributed by atoms with E-state index < -0.39 is 17.8 Å². The molecule has 1 atom stereocenters. The van der Waals surface area contributed by atoms with Gasteiger partial charge in [0.15, 0.2) is 0 Å². The lowest BCUT2D eigenvalue weighted by atomic mass is 10.2. The minimum atomic E-state index is -0.569. The minimum absolute atomic E-state index is 0.0599. The van der Waals surface area contributed by atoms with Crippen LogP contribution in [-0.4, -0.2) is 47.8 Å². The zero-order chi connectivity index (χ0) is 15.8. The van der Waals surface area contributed by atoms with E-state index in [-0.39, 0.29) is 24.9 Å². The van der Waals surface area contributed by atoms with Crippen LogP contribution in [0.3, 0.4) is 0 Å². The largest absolute Gasteiger partial charge is 0.354 e. The molecule has 0 saturated heterocycles. The van der Waals surface area contributed by atoms with Gasteiger partial charge in [0.05, 0.1) is 0 Å². The first-order valence-electron chi connectivity index (χ1n) is 6.76. The van der Waals surface area contributed by atoms with Crippen LogP contribution in [0.25, 0.3) is 0 Å². The maximum atomic E-state index is 11.7. The fourth-order valence-electron chi connectivity index (χ4n) is 1.90. The molecule has 4 N–H and O–H groups in total. The Balaban J connectivity index is 2.16. The van der Waals surface area contributed by atoms with Crippen molar-refractivity contribution in [1.82, 2.24) is 15.5 Å². The first-order chi connectivity index (χ1) is 9.90. The molecule has 5 amide bonds. The number of hydrogen-bond acceptors (Lipinski definition) is 4. The van der Waals surface area contributed by atoms with Crippen molar-refractivity contribution in [1.29, 1.82) is 0 Å². The molecule has 0 aromatic heterocycles. The van der Waals surface area contributed by atoms with Gasteiger partial charge in [-0.1, -0.05) is 0 Å². The third-order valence-electron chi connectivity index (χ3n) is 2.98. The van der Waals surface area contributed by atoms with E-state index in [1.165, 1.54) is 12.2 Å². The SMILES string of the molecule is CC(CCCNC(N)=O)NC(=O)CCN1C(=O)C=CC1=O. The molecule has 1 aliphatic heterocycles. The lowest BCUT2D eigenvalue weighted by molar-refractivity contribution is -0.137. The molecule has 1 heterocycles. The number of primary amides is 1. The number of urea groups is 1. The van der Waals surface area contributed by atoms with E-state index in [1.54, 1.807) is 0 Å². The van der Waals surface area contributed by atoms with Crippen LogP contribution in [0.4, 0.5) is 4.79 Å². The molecule has 0 fully saturated rings. The van der Waals surface area contributed by atoms with Gasteiger partial charge in [-0.25, -0.2) is 4.79 Å². The Labute approximate surface area is 122 Å². The fourth-order valence-corrected chi connectivity index (χ4v) is 1.90. The Morgan fingerprint density at radius 2 is 1.90 bits per heavy atom. The Bertz CT molecular complexity index is 443. The summed E-state index contributed by atoms with van der Waals surface area (Å²) in [6.45, 7) is 2.38. The summed E-state index contributed by atoms with van der Waals surface area (Å²) in [4.78, 5) is 45.8. The van der Waals surface area contributed by atoms with E-state index in [2.05, 4.69) is 10.6 Å². The van der Waals surface area contributed by atoms with Gasteiger partial charge in [0.2, 0.25) is 5.91 Å². The predicted octanol–water partition coefficient (Wildman–Crippen LogP) is -0.745. The zero-order valence-corrected chi connectivity index (χ0v) is 11.9. The molecule has 0 spiro atoms. The van der Waals surface area contributed by atoms with Crippen LogP contribution >= 0.6 is 0 Å². The highest BCUT2D eigenvalue weighted by molar-refractivity contribution is 6.13. The van der Waals surface area contributed by atoms with Crippen molar-refractivity contribution >= 4 is 23.8 Å². The van der Waals surface area contributed by atoms with Gasteiger partial charge in [-0.3, -0.25) is 19.3 Å². The number of amides is 5. The van der Waals surface area contributed by atoms with Crippen LogP contribution in [-0.2, 0) is 14.4 Å². The molecule has 116 valence electrons. The highest BCUT2D eigenvalue weighted by Crippen LogP contribution is 2.04. The van der Waals surface area contributed by atoms with Crippen LogP contribution in [0.2, 0.25) is 0 Å². The summed E-state index contributed by atoms with van der Waals surface area (Å²) in [6.07, 6.45) is 3.83. The summed E-state index contributed by atoms with van der Waals surface area (Å²) >= 11 is 0. The van der Waals surface area contributed by atoms with Crippen molar-refractivity contribution in [3.63, 3.8) is 0 Å². The smallest absolute Gasteiger partial charge is 0.312 e. The highest BCUT2D eigenvalue weighted by atomic mass is 16.2. The molecular formula is C13H20N4O4. The second kappa shape index (κ2) is 8.03. The molecule has 0 radical (unpaired) electrons. The third-order valence-corrected chi connectivity index (χ3v) is 2.98. The molecule has 1 rings (SSSR count). The van der Waals surface area contributed by atoms with E-state index in [0.717, 1.165) is 4.90 Å². The van der Waals surface area contributed by atoms with Crippen LogP contribution < -0.4 is 16.4 Å². The van der Waals surface area contributed by atoms with Gasteiger partial charge >= 0.3 is 6.03 Å². The van der Waals surface area contributed by atoms with E-state index in [9.17, 15) is 19.2 Å². The van der Waals surface area contributed by atoms with Crippen molar-refractivity contribution in [3.05, 3.63) is 12.2 Å². The van der Waals surface area contributed by atoms with Crippen molar-refractivity contribution < 1.29 is 19.2 Å². The summed E-state index contributed by atoms with van der Waals surface area (Å²) in [5, 5.41) is 5.23. The van der Waals surface area contributed by atoms with Gasteiger partial charge < -0.3 is 16.4 Å². The van der Waals surface area contributed by atoms with E-state index in [1.807, 2.05) is 6.92 Å². The van der Waals surface area contributed by atoms with Gasteiger partial charge in [0.1, 0.15) is 0 Å². The van der Waals surface area contributed by atoms with E-state index >= 15 is 0 Å². The van der Waals surface area contributed by atoms with Crippen molar-refractivity contribution in [2.75, 3.05) is 13.1 Å². The van der Waals surface area contributed by atoms with Crippen LogP contribution in [0.15, 0.2) is 12.2 Å². The molecule has 0 saturated carbocycles. The third kappa shape index (κ3) is 6.07. The molecule has 0 aromatic carbocycles. The number of nitrogens with two attached hydrogens (primary N) is 1. The molecule has 8 nitrogen and oxygen atoms in total. The number of nitrogens with one attached hydrogen (secondary N) is 2. The van der Waals surface area contributed by atoms with Gasteiger partial charge in [0.25, 0.3) is 11.8 Å². The number of carbonyl (C=O) groups is 4.